The Balaban J connectivity index is 2.16. The van der Waals surface area contributed by atoms with Crippen molar-refractivity contribution in [3.63, 3.8) is 0 Å². The third-order valence-electron chi connectivity index (χ3n) is 3.74. The molecule has 1 saturated heterocycles. The molecule has 3 N–H and O–H groups in total. The Morgan fingerprint density at radius 2 is 2.24 bits per heavy atom. The molecule has 21 heavy (non-hydrogen) atoms. The number of hydrogen-bond acceptors (Lipinski definition) is 4. The summed E-state index contributed by atoms with van der Waals surface area (Å²) in [6.07, 6.45) is 1.97. The van der Waals surface area contributed by atoms with Gasteiger partial charge in [0.05, 0.1) is 5.69 Å². The summed E-state index contributed by atoms with van der Waals surface area (Å²) in [6.45, 7) is 4.11. The first-order valence-electron chi connectivity index (χ1n) is 6.83. The highest BCUT2D eigenvalue weighted by molar-refractivity contribution is 7.89. The van der Waals surface area contributed by atoms with E-state index in [0.29, 0.717) is 0 Å². The van der Waals surface area contributed by atoms with Crippen LogP contribution in [0.2, 0.25) is 5.02 Å². The molecular formula is C13H19ClFN3O2S. The van der Waals surface area contributed by atoms with Crippen LogP contribution in [0.15, 0.2) is 17.0 Å². The van der Waals surface area contributed by atoms with E-state index in [4.69, 9.17) is 17.3 Å². The molecule has 1 unspecified atom stereocenters. The van der Waals surface area contributed by atoms with E-state index in [1.165, 1.54) is 6.07 Å². The van der Waals surface area contributed by atoms with E-state index in [0.717, 1.165) is 32.0 Å². The van der Waals surface area contributed by atoms with Crippen molar-refractivity contribution in [2.24, 2.45) is 0 Å². The zero-order valence-electron chi connectivity index (χ0n) is 11.8. The fraction of sp³-hybridized carbons (Fsp3) is 0.538. The van der Waals surface area contributed by atoms with E-state index >= 15 is 0 Å². The van der Waals surface area contributed by atoms with Crippen LogP contribution in [0.5, 0.6) is 0 Å². The van der Waals surface area contributed by atoms with Crippen LogP contribution in [0.4, 0.5) is 10.1 Å². The Morgan fingerprint density at radius 3 is 2.90 bits per heavy atom. The van der Waals surface area contributed by atoms with Crippen molar-refractivity contribution in [2.45, 2.75) is 30.7 Å². The van der Waals surface area contributed by atoms with Gasteiger partial charge in [-0.2, -0.15) is 0 Å². The van der Waals surface area contributed by atoms with Gasteiger partial charge >= 0.3 is 0 Å². The molecule has 8 heteroatoms. The summed E-state index contributed by atoms with van der Waals surface area (Å²) in [6, 6.07) is 2.40. The molecular weight excluding hydrogens is 317 g/mol. The van der Waals surface area contributed by atoms with Crippen LogP contribution in [0, 0.1) is 5.82 Å². The summed E-state index contributed by atoms with van der Waals surface area (Å²) >= 11 is 5.75. The number of nitrogens with two attached hydrogens (primary N) is 1. The van der Waals surface area contributed by atoms with Gasteiger partial charge in [0, 0.05) is 17.6 Å². The second-order valence-electron chi connectivity index (χ2n) is 5.08. The molecule has 1 aromatic carbocycles. The number of rotatable bonds is 5. The van der Waals surface area contributed by atoms with E-state index < -0.39 is 20.7 Å². The van der Waals surface area contributed by atoms with Crippen LogP contribution in [-0.2, 0) is 10.0 Å². The number of likely N-dealkylation sites (N-methyl/N-ethyl adjacent to an activating group) is 1. The lowest BCUT2D eigenvalue weighted by molar-refractivity contribution is 0.268. The lowest BCUT2D eigenvalue weighted by Crippen LogP contribution is -2.40. The molecule has 0 aliphatic carbocycles. The van der Waals surface area contributed by atoms with Crippen molar-refractivity contribution < 1.29 is 12.8 Å². The highest BCUT2D eigenvalue weighted by Gasteiger charge is 2.27. The predicted molar refractivity (Wildman–Crippen MR) is 81.3 cm³/mol. The van der Waals surface area contributed by atoms with Gasteiger partial charge in [0.2, 0.25) is 10.0 Å². The zero-order valence-corrected chi connectivity index (χ0v) is 13.3. The Hall–Kier alpha value is -0.890. The van der Waals surface area contributed by atoms with Crippen LogP contribution in [0.3, 0.4) is 0 Å². The maximum atomic E-state index is 13.9. The predicted octanol–water partition coefficient (Wildman–Crippen LogP) is 1.82. The third kappa shape index (κ3) is 3.66. The fourth-order valence-corrected chi connectivity index (χ4v) is 4.10. The van der Waals surface area contributed by atoms with Crippen LogP contribution in [0.25, 0.3) is 0 Å². The van der Waals surface area contributed by atoms with Crippen molar-refractivity contribution in [2.75, 3.05) is 25.4 Å². The highest BCUT2D eigenvalue weighted by Crippen LogP contribution is 2.25. The minimum absolute atomic E-state index is 0.0883. The monoisotopic (exact) mass is 335 g/mol. The Kier molecular flexibility index (Phi) is 5.08. The standard InChI is InChI=1S/C13H19ClFN3O2S/c1-2-18-5-3-4-10(18)8-17-21(19,20)12-7-9(14)6-11(16)13(12)15/h6-7,10,17H,2-5,8,16H2,1H3. The number of nitrogens with one attached hydrogen (secondary N) is 1. The first-order chi connectivity index (χ1) is 9.85. The van der Waals surface area contributed by atoms with E-state index in [1.807, 2.05) is 6.92 Å². The van der Waals surface area contributed by atoms with Crippen LogP contribution in [-0.4, -0.2) is 39.0 Å². The van der Waals surface area contributed by atoms with E-state index in [9.17, 15) is 12.8 Å². The second-order valence-corrected chi connectivity index (χ2v) is 7.26. The molecule has 0 radical (unpaired) electrons. The molecule has 2 rings (SSSR count). The SMILES string of the molecule is CCN1CCCC1CNS(=O)(=O)c1cc(Cl)cc(N)c1F. The maximum absolute atomic E-state index is 13.9. The zero-order chi connectivity index (χ0) is 15.6. The van der Waals surface area contributed by atoms with Gasteiger partial charge in [-0.15, -0.1) is 0 Å². The lowest BCUT2D eigenvalue weighted by atomic mass is 10.2. The van der Waals surface area contributed by atoms with Gasteiger partial charge in [-0.3, -0.25) is 4.90 Å². The van der Waals surface area contributed by atoms with Gasteiger partial charge in [0.1, 0.15) is 4.90 Å². The normalized spacial score (nSPS) is 20.0. The van der Waals surface area contributed by atoms with Gasteiger partial charge in [-0.05, 0) is 38.1 Å². The third-order valence-corrected chi connectivity index (χ3v) is 5.38. The number of nitrogen functional groups attached to an aromatic ring is 1. The molecule has 0 bridgehead atoms. The number of sulfonamides is 1. The second kappa shape index (κ2) is 6.48. The molecule has 1 aliphatic heterocycles. The van der Waals surface area contributed by atoms with Crippen LogP contribution < -0.4 is 10.5 Å². The number of nitrogens with zero attached hydrogens (tertiary/aromatic N) is 1. The number of benzene rings is 1. The minimum atomic E-state index is -3.97. The summed E-state index contributed by atoms with van der Waals surface area (Å²) in [4.78, 5) is 1.69. The molecule has 1 aliphatic rings. The lowest BCUT2D eigenvalue weighted by Gasteiger charge is -2.23. The fourth-order valence-electron chi connectivity index (χ4n) is 2.61. The van der Waals surface area contributed by atoms with E-state index in [-0.39, 0.29) is 23.3 Å². The minimum Gasteiger partial charge on any atom is -0.396 e. The Labute approximate surface area is 129 Å². The average Bonchev–Trinajstić information content (AvgIpc) is 2.88. The topological polar surface area (TPSA) is 75.4 Å². The van der Waals surface area contributed by atoms with Gasteiger partial charge in [-0.25, -0.2) is 17.5 Å². The number of halogens is 2. The van der Waals surface area contributed by atoms with Crippen LogP contribution in [0.1, 0.15) is 19.8 Å². The highest BCUT2D eigenvalue weighted by atomic mass is 35.5. The Bertz CT molecular complexity index is 624. The smallest absolute Gasteiger partial charge is 0.243 e. The van der Waals surface area contributed by atoms with Gasteiger partial charge in [0.25, 0.3) is 0 Å². The molecule has 0 saturated carbocycles. The summed E-state index contributed by atoms with van der Waals surface area (Å²) in [5, 5.41) is 0.0883. The van der Waals surface area contributed by atoms with Crippen molar-refractivity contribution in [1.82, 2.24) is 9.62 Å². The molecule has 1 heterocycles. The van der Waals surface area contributed by atoms with Gasteiger partial charge < -0.3 is 5.73 Å². The molecule has 1 atom stereocenters. The Morgan fingerprint density at radius 1 is 1.52 bits per heavy atom. The molecule has 1 aromatic rings. The van der Waals surface area contributed by atoms with Crippen molar-refractivity contribution in [3.05, 3.63) is 23.0 Å². The maximum Gasteiger partial charge on any atom is 0.243 e. The summed E-state index contributed by atoms with van der Waals surface area (Å²) in [7, 11) is -3.97. The summed E-state index contributed by atoms with van der Waals surface area (Å²) in [5.74, 6) is -0.967. The molecule has 1 fully saturated rings. The quantitative estimate of drug-likeness (QED) is 0.805. The molecule has 5 nitrogen and oxygen atoms in total. The first kappa shape index (κ1) is 16.5. The van der Waals surface area contributed by atoms with Gasteiger partial charge in [0.15, 0.2) is 5.82 Å². The molecule has 118 valence electrons. The molecule has 0 amide bonds. The van der Waals surface area contributed by atoms with E-state index in [2.05, 4.69) is 9.62 Å². The average molecular weight is 336 g/mol. The number of anilines is 1. The largest absolute Gasteiger partial charge is 0.396 e. The van der Waals surface area contributed by atoms with Crippen molar-refractivity contribution >= 4 is 27.3 Å². The first-order valence-corrected chi connectivity index (χ1v) is 8.69. The van der Waals surface area contributed by atoms with Crippen molar-refractivity contribution in [1.29, 1.82) is 0 Å². The molecule has 0 spiro atoms. The van der Waals surface area contributed by atoms with Gasteiger partial charge in [-0.1, -0.05) is 18.5 Å². The summed E-state index contributed by atoms with van der Waals surface area (Å²) in [5.41, 5.74) is 5.14. The van der Waals surface area contributed by atoms with Crippen molar-refractivity contribution in [3.8, 4) is 0 Å². The summed E-state index contributed by atoms with van der Waals surface area (Å²) < 4.78 is 40.8. The number of hydrogen-bond donors (Lipinski definition) is 2. The van der Waals surface area contributed by atoms with E-state index in [1.54, 1.807) is 0 Å². The van der Waals surface area contributed by atoms with Crippen LogP contribution >= 0.6 is 11.6 Å². The number of likely N-dealkylation sites (tertiary alicyclic amines) is 1. The molecule has 0 aromatic heterocycles.